The van der Waals surface area contributed by atoms with Crippen LogP contribution in [0.2, 0.25) is 0 Å². The second-order valence-corrected chi connectivity index (χ2v) is 6.76. The number of allylic oxidation sites excluding steroid dienone is 2. The number of fused-ring (bicyclic) bond motifs is 1. The number of hydrogen-bond acceptors (Lipinski definition) is 2. The van der Waals surface area contributed by atoms with Crippen LogP contribution in [0.3, 0.4) is 0 Å². The van der Waals surface area contributed by atoms with E-state index in [0.29, 0.717) is 11.8 Å². The van der Waals surface area contributed by atoms with E-state index in [1.165, 1.54) is 0 Å². The van der Waals surface area contributed by atoms with E-state index < -0.39 is 5.60 Å². The number of carbonyl (C=O) groups is 1. The molecule has 1 N–H and O–H groups in total. The number of carbonyl (C=O) groups excluding carboxylic acids is 1. The lowest BCUT2D eigenvalue weighted by Gasteiger charge is -2.49. The van der Waals surface area contributed by atoms with E-state index in [2.05, 4.69) is 13.0 Å². The maximum Gasteiger partial charge on any atom is 0.158 e. The molecule has 0 radical (unpaired) electrons. The molecule has 2 rings (SSSR count). The summed E-state index contributed by atoms with van der Waals surface area (Å²) in [6.07, 6.45) is 6.99. The average Bonchev–Trinajstić information content (AvgIpc) is 2.22. The van der Waals surface area contributed by atoms with Crippen molar-refractivity contribution in [3.63, 3.8) is 0 Å². The molecule has 0 aliphatic heterocycles. The van der Waals surface area contributed by atoms with Gasteiger partial charge in [-0.2, -0.15) is 0 Å². The van der Waals surface area contributed by atoms with Crippen LogP contribution in [0, 0.1) is 23.2 Å². The second-order valence-electron chi connectivity index (χ2n) is 6.76. The maximum absolute atomic E-state index is 11.8. The van der Waals surface area contributed by atoms with Crippen molar-refractivity contribution < 1.29 is 9.90 Å². The third-order valence-electron chi connectivity index (χ3n) is 5.10. The monoisotopic (exact) mass is 236 g/mol. The highest BCUT2D eigenvalue weighted by Crippen LogP contribution is 2.52. The zero-order chi connectivity index (χ0) is 12.8. The maximum atomic E-state index is 11.8. The van der Waals surface area contributed by atoms with Gasteiger partial charge in [-0.25, -0.2) is 0 Å². The summed E-state index contributed by atoms with van der Waals surface area (Å²) in [7, 11) is 0. The van der Waals surface area contributed by atoms with Gasteiger partial charge in [-0.3, -0.25) is 4.79 Å². The van der Waals surface area contributed by atoms with E-state index >= 15 is 0 Å². The summed E-state index contributed by atoms with van der Waals surface area (Å²) in [4.78, 5) is 11.8. The minimum Gasteiger partial charge on any atom is -0.390 e. The molecule has 0 aromatic heterocycles. The van der Waals surface area contributed by atoms with Crippen molar-refractivity contribution in [3.8, 4) is 0 Å². The van der Waals surface area contributed by atoms with E-state index in [0.717, 1.165) is 19.3 Å². The van der Waals surface area contributed by atoms with Crippen molar-refractivity contribution in [1.29, 1.82) is 0 Å². The van der Waals surface area contributed by atoms with Gasteiger partial charge in [-0.1, -0.05) is 19.9 Å². The van der Waals surface area contributed by atoms with Crippen LogP contribution < -0.4 is 0 Å². The quantitative estimate of drug-likeness (QED) is 0.760. The van der Waals surface area contributed by atoms with Gasteiger partial charge in [-0.15, -0.1) is 0 Å². The molecule has 2 aliphatic carbocycles. The lowest BCUT2D eigenvalue weighted by Crippen LogP contribution is -2.46. The van der Waals surface area contributed by atoms with Crippen LogP contribution in [-0.2, 0) is 4.79 Å². The fraction of sp³-hybridized carbons (Fsp3) is 0.800. The first kappa shape index (κ1) is 12.8. The van der Waals surface area contributed by atoms with Crippen molar-refractivity contribution in [3.05, 3.63) is 12.2 Å². The van der Waals surface area contributed by atoms with Crippen LogP contribution in [0.5, 0.6) is 0 Å². The summed E-state index contributed by atoms with van der Waals surface area (Å²) in [5.41, 5.74) is -0.458. The number of ketones is 1. The van der Waals surface area contributed by atoms with Gasteiger partial charge in [0.15, 0.2) is 5.78 Å². The standard InChI is InChI=1S/C15H24O2/c1-10-12-9-11(14(2,3)17)5-7-15(12,4)8-6-13(10)16/h6,8,10-12,17H,5,7,9H2,1-4H3. The molecule has 2 aliphatic rings. The topological polar surface area (TPSA) is 37.3 Å². The largest absolute Gasteiger partial charge is 0.390 e. The van der Waals surface area contributed by atoms with Crippen molar-refractivity contribution in [2.24, 2.45) is 23.2 Å². The Morgan fingerprint density at radius 1 is 1.47 bits per heavy atom. The SMILES string of the molecule is CC1C(=O)C=CC2(C)CCC(C(C)(C)O)CC12. The molecule has 4 atom stereocenters. The minimum absolute atomic E-state index is 0.107. The molecule has 1 fully saturated rings. The van der Waals surface area contributed by atoms with E-state index in [1.807, 2.05) is 20.8 Å². The lowest BCUT2D eigenvalue weighted by atomic mass is 9.56. The number of aliphatic hydroxyl groups is 1. The average molecular weight is 236 g/mol. The smallest absolute Gasteiger partial charge is 0.158 e. The molecule has 0 aromatic rings. The van der Waals surface area contributed by atoms with E-state index in [-0.39, 0.29) is 17.1 Å². The van der Waals surface area contributed by atoms with E-state index in [4.69, 9.17) is 0 Å². The summed E-state index contributed by atoms with van der Waals surface area (Å²) in [5.74, 6) is 1.08. The summed E-state index contributed by atoms with van der Waals surface area (Å²) in [6, 6.07) is 0. The van der Waals surface area contributed by atoms with Crippen molar-refractivity contribution in [2.75, 3.05) is 0 Å². The van der Waals surface area contributed by atoms with Gasteiger partial charge < -0.3 is 5.11 Å². The summed E-state index contributed by atoms with van der Waals surface area (Å²) >= 11 is 0. The predicted molar refractivity (Wildman–Crippen MR) is 68.5 cm³/mol. The molecule has 96 valence electrons. The van der Waals surface area contributed by atoms with E-state index in [1.54, 1.807) is 6.08 Å². The zero-order valence-electron chi connectivity index (χ0n) is 11.4. The Hall–Kier alpha value is -0.630. The summed E-state index contributed by atoms with van der Waals surface area (Å²) < 4.78 is 0. The van der Waals surface area contributed by atoms with Crippen molar-refractivity contribution in [1.82, 2.24) is 0 Å². The first-order valence-electron chi connectivity index (χ1n) is 6.69. The molecule has 0 bridgehead atoms. The van der Waals surface area contributed by atoms with Gasteiger partial charge in [-0.05, 0) is 56.4 Å². The lowest BCUT2D eigenvalue weighted by molar-refractivity contribution is -0.124. The molecule has 0 saturated heterocycles. The Labute approximate surface area is 104 Å². The highest BCUT2D eigenvalue weighted by atomic mass is 16.3. The molecule has 2 nitrogen and oxygen atoms in total. The third kappa shape index (κ3) is 2.20. The summed E-state index contributed by atoms with van der Waals surface area (Å²) in [6.45, 7) is 8.09. The molecule has 0 amide bonds. The van der Waals surface area contributed by atoms with Crippen LogP contribution in [-0.4, -0.2) is 16.5 Å². The minimum atomic E-state index is -0.620. The Kier molecular flexibility index (Phi) is 2.97. The Bertz CT molecular complexity index is 350. The first-order valence-corrected chi connectivity index (χ1v) is 6.69. The molecule has 0 aromatic carbocycles. The predicted octanol–water partition coefficient (Wildman–Crippen LogP) is 2.95. The second kappa shape index (κ2) is 3.94. The normalized spacial score (nSPS) is 42.4. The van der Waals surface area contributed by atoms with Gasteiger partial charge in [0.05, 0.1) is 5.60 Å². The van der Waals surface area contributed by atoms with Gasteiger partial charge in [0.25, 0.3) is 0 Å². The Balaban J connectivity index is 2.24. The van der Waals surface area contributed by atoms with Crippen LogP contribution >= 0.6 is 0 Å². The molecule has 0 spiro atoms. The van der Waals surface area contributed by atoms with Gasteiger partial charge in [0, 0.05) is 5.92 Å². The van der Waals surface area contributed by atoms with Gasteiger partial charge >= 0.3 is 0 Å². The van der Waals surface area contributed by atoms with Crippen molar-refractivity contribution in [2.45, 2.75) is 52.6 Å². The molecule has 2 heteroatoms. The fourth-order valence-electron chi connectivity index (χ4n) is 3.61. The Morgan fingerprint density at radius 2 is 2.12 bits per heavy atom. The highest BCUT2D eigenvalue weighted by molar-refractivity contribution is 5.92. The third-order valence-corrected chi connectivity index (χ3v) is 5.10. The van der Waals surface area contributed by atoms with Crippen LogP contribution in [0.15, 0.2) is 12.2 Å². The fourth-order valence-corrected chi connectivity index (χ4v) is 3.61. The number of rotatable bonds is 1. The van der Waals surface area contributed by atoms with Gasteiger partial charge in [0.2, 0.25) is 0 Å². The van der Waals surface area contributed by atoms with Crippen LogP contribution in [0.1, 0.15) is 47.0 Å². The summed E-state index contributed by atoms with van der Waals surface area (Å²) in [5, 5.41) is 10.2. The number of hydrogen-bond donors (Lipinski definition) is 1. The van der Waals surface area contributed by atoms with Gasteiger partial charge in [0.1, 0.15) is 0 Å². The molecule has 4 unspecified atom stereocenters. The molecule has 1 saturated carbocycles. The zero-order valence-corrected chi connectivity index (χ0v) is 11.4. The molecule has 0 heterocycles. The molecular formula is C15H24O2. The first-order chi connectivity index (χ1) is 7.74. The molecular weight excluding hydrogens is 212 g/mol. The van der Waals surface area contributed by atoms with E-state index in [9.17, 15) is 9.90 Å². The van der Waals surface area contributed by atoms with Crippen LogP contribution in [0.4, 0.5) is 0 Å². The van der Waals surface area contributed by atoms with Crippen molar-refractivity contribution >= 4 is 5.78 Å². The highest BCUT2D eigenvalue weighted by Gasteiger charge is 2.47. The molecule has 17 heavy (non-hydrogen) atoms. The Morgan fingerprint density at radius 3 is 2.71 bits per heavy atom. The van der Waals surface area contributed by atoms with Crippen LogP contribution in [0.25, 0.3) is 0 Å².